The van der Waals surface area contributed by atoms with Gasteiger partial charge in [-0.1, -0.05) is 49.1 Å². The number of nitrogens with zero attached hydrogens (tertiary/aromatic N) is 1. The molecule has 1 aromatic heterocycles. The summed E-state index contributed by atoms with van der Waals surface area (Å²) in [5, 5.41) is 3.47. The molecule has 1 fully saturated rings. The van der Waals surface area contributed by atoms with Gasteiger partial charge in [0, 0.05) is 17.3 Å². The lowest BCUT2D eigenvalue weighted by atomic mass is 9.82. The maximum Gasteiger partial charge on any atom is 0.250 e. The summed E-state index contributed by atoms with van der Waals surface area (Å²) in [7, 11) is 0. The first-order chi connectivity index (χ1) is 12.0. The summed E-state index contributed by atoms with van der Waals surface area (Å²) in [6.45, 7) is 0.343. The zero-order valence-electron chi connectivity index (χ0n) is 14.0. The van der Waals surface area contributed by atoms with Crippen LogP contribution in [-0.4, -0.2) is 16.0 Å². The molecule has 0 radical (unpaired) electrons. The number of carbonyl (C=O) groups is 1. The van der Waals surface area contributed by atoms with Crippen molar-refractivity contribution in [2.24, 2.45) is 5.73 Å². The van der Waals surface area contributed by atoms with E-state index in [1.54, 1.807) is 18.3 Å². The molecule has 6 heteroatoms. The number of hydrogen-bond donors (Lipinski definition) is 2. The number of carbonyl (C=O) groups excluding carboxylic acids is 1. The second-order valence-corrected chi connectivity index (χ2v) is 7.05. The Bertz CT molecular complexity index is 825. The highest BCUT2D eigenvalue weighted by atomic mass is 35.5. The van der Waals surface area contributed by atoms with Crippen molar-refractivity contribution >= 4 is 23.2 Å². The van der Waals surface area contributed by atoms with Crippen LogP contribution in [0, 0.1) is 0 Å². The van der Waals surface area contributed by atoms with Gasteiger partial charge in [0.25, 0.3) is 5.56 Å². The molecular formula is C19H22ClN3O2. The van der Waals surface area contributed by atoms with Crippen molar-refractivity contribution in [3.8, 4) is 0 Å². The fraction of sp³-hybridized carbons (Fsp3) is 0.368. The average molecular weight is 360 g/mol. The Morgan fingerprint density at radius 3 is 2.60 bits per heavy atom. The van der Waals surface area contributed by atoms with Gasteiger partial charge in [-0.25, -0.2) is 0 Å². The molecule has 2 aromatic rings. The molecule has 0 atom stereocenters. The number of amides is 1. The monoisotopic (exact) mass is 359 g/mol. The summed E-state index contributed by atoms with van der Waals surface area (Å²) in [5.41, 5.74) is 6.70. The van der Waals surface area contributed by atoms with Crippen molar-refractivity contribution in [3.63, 3.8) is 0 Å². The maximum absolute atomic E-state index is 12.6. The number of pyridine rings is 1. The number of anilines is 1. The second-order valence-electron chi connectivity index (χ2n) is 6.65. The highest BCUT2D eigenvalue weighted by Crippen LogP contribution is 2.27. The Balaban J connectivity index is 1.78. The maximum atomic E-state index is 12.6. The lowest BCUT2D eigenvalue weighted by Gasteiger charge is -2.31. The number of nitrogens with two attached hydrogens (primary N) is 1. The molecule has 3 rings (SSSR count). The fourth-order valence-corrected chi connectivity index (χ4v) is 3.40. The van der Waals surface area contributed by atoms with Crippen LogP contribution in [0.4, 0.5) is 5.69 Å². The van der Waals surface area contributed by atoms with Gasteiger partial charge < -0.3 is 15.6 Å². The highest BCUT2D eigenvalue weighted by molar-refractivity contribution is 6.31. The van der Waals surface area contributed by atoms with Gasteiger partial charge in [0.1, 0.15) is 0 Å². The predicted molar refractivity (Wildman–Crippen MR) is 99.9 cm³/mol. The van der Waals surface area contributed by atoms with Crippen LogP contribution in [0.1, 0.15) is 37.7 Å². The van der Waals surface area contributed by atoms with Crippen molar-refractivity contribution in [1.82, 2.24) is 4.57 Å². The lowest BCUT2D eigenvalue weighted by Crippen LogP contribution is -2.52. The first-order valence-corrected chi connectivity index (χ1v) is 8.90. The number of rotatable bonds is 4. The molecule has 3 N–H and O–H groups in total. The number of hydrogen-bond acceptors (Lipinski definition) is 3. The van der Waals surface area contributed by atoms with E-state index in [1.165, 1.54) is 10.6 Å². The first-order valence-electron chi connectivity index (χ1n) is 8.52. The van der Waals surface area contributed by atoms with E-state index < -0.39 is 5.54 Å². The summed E-state index contributed by atoms with van der Waals surface area (Å²) in [6, 6.07) is 10.4. The van der Waals surface area contributed by atoms with E-state index >= 15 is 0 Å². The summed E-state index contributed by atoms with van der Waals surface area (Å²) in [6.07, 6.45) is 6.08. The molecule has 1 amide bonds. The molecule has 0 aliphatic heterocycles. The second kappa shape index (κ2) is 7.42. The van der Waals surface area contributed by atoms with Crippen LogP contribution < -0.4 is 16.6 Å². The normalized spacial score (nSPS) is 16.4. The Labute approximate surface area is 151 Å². The zero-order valence-corrected chi connectivity index (χ0v) is 14.8. The largest absolute Gasteiger partial charge is 0.323 e. The third-order valence-corrected chi connectivity index (χ3v) is 5.11. The molecule has 1 heterocycles. The Morgan fingerprint density at radius 2 is 1.88 bits per heavy atom. The Hall–Kier alpha value is -2.11. The van der Waals surface area contributed by atoms with Crippen LogP contribution in [-0.2, 0) is 11.3 Å². The lowest BCUT2D eigenvalue weighted by molar-refractivity contribution is -0.122. The van der Waals surface area contributed by atoms with Crippen molar-refractivity contribution < 1.29 is 4.79 Å². The van der Waals surface area contributed by atoms with Gasteiger partial charge in [-0.05, 0) is 30.5 Å². The summed E-state index contributed by atoms with van der Waals surface area (Å²) >= 11 is 6.17. The minimum Gasteiger partial charge on any atom is -0.323 e. The average Bonchev–Trinajstić information content (AvgIpc) is 2.60. The van der Waals surface area contributed by atoms with E-state index in [0.717, 1.165) is 24.8 Å². The van der Waals surface area contributed by atoms with E-state index in [4.69, 9.17) is 17.3 Å². The summed E-state index contributed by atoms with van der Waals surface area (Å²) in [5.74, 6) is -0.185. The topological polar surface area (TPSA) is 77.1 Å². The first kappa shape index (κ1) is 17.7. The molecule has 0 saturated heterocycles. The smallest absolute Gasteiger partial charge is 0.250 e. The molecule has 132 valence electrons. The van der Waals surface area contributed by atoms with E-state index in [9.17, 15) is 9.59 Å². The Morgan fingerprint density at radius 1 is 1.16 bits per heavy atom. The zero-order chi connectivity index (χ0) is 17.9. The summed E-state index contributed by atoms with van der Waals surface area (Å²) in [4.78, 5) is 24.7. The van der Waals surface area contributed by atoms with Crippen LogP contribution >= 0.6 is 11.6 Å². The molecule has 5 nitrogen and oxygen atoms in total. The number of benzene rings is 1. The third kappa shape index (κ3) is 4.11. The minimum atomic E-state index is -0.818. The van der Waals surface area contributed by atoms with Crippen LogP contribution in [0.25, 0.3) is 0 Å². The third-order valence-electron chi connectivity index (χ3n) is 4.74. The van der Waals surface area contributed by atoms with Gasteiger partial charge in [0.05, 0.1) is 17.8 Å². The van der Waals surface area contributed by atoms with Gasteiger partial charge in [-0.3, -0.25) is 9.59 Å². The molecular weight excluding hydrogens is 338 g/mol. The van der Waals surface area contributed by atoms with Crippen LogP contribution in [0.2, 0.25) is 5.02 Å². The van der Waals surface area contributed by atoms with E-state index in [0.29, 0.717) is 30.1 Å². The SMILES string of the molecule is NC1(C(=O)Nc2ccc(=O)n(Cc3ccccc3Cl)c2)CCCCC1. The van der Waals surface area contributed by atoms with Gasteiger partial charge in [-0.2, -0.15) is 0 Å². The van der Waals surface area contributed by atoms with Crippen LogP contribution in [0.3, 0.4) is 0 Å². The van der Waals surface area contributed by atoms with Gasteiger partial charge in [0.2, 0.25) is 5.91 Å². The van der Waals surface area contributed by atoms with Crippen molar-refractivity contribution in [2.75, 3.05) is 5.32 Å². The van der Waals surface area contributed by atoms with Crippen LogP contribution in [0.5, 0.6) is 0 Å². The Kier molecular flexibility index (Phi) is 5.25. The molecule has 25 heavy (non-hydrogen) atoms. The van der Waals surface area contributed by atoms with Crippen molar-refractivity contribution in [2.45, 2.75) is 44.2 Å². The van der Waals surface area contributed by atoms with Crippen molar-refractivity contribution in [3.05, 3.63) is 63.5 Å². The van der Waals surface area contributed by atoms with Gasteiger partial charge in [-0.15, -0.1) is 0 Å². The van der Waals surface area contributed by atoms with E-state index in [2.05, 4.69) is 5.32 Å². The molecule has 0 spiro atoms. The predicted octanol–water partition coefficient (Wildman–Crippen LogP) is 3.15. The number of aromatic nitrogens is 1. The quantitative estimate of drug-likeness (QED) is 0.880. The summed E-state index contributed by atoms with van der Waals surface area (Å²) < 4.78 is 1.53. The van der Waals surface area contributed by atoms with E-state index in [-0.39, 0.29) is 11.5 Å². The fourth-order valence-electron chi connectivity index (χ4n) is 3.20. The molecule has 0 unspecified atom stereocenters. The highest BCUT2D eigenvalue weighted by Gasteiger charge is 2.35. The molecule has 1 aliphatic rings. The molecule has 1 aromatic carbocycles. The number of nitrogens with one attached hydrogen (secondary N) is 1. The minimum absolute atomic E-state index is 0.155. The molecule has 1 saturated carbocycles. The van der Waals surface area contributed by atoms with E-state index in [1.807, 2.05) is 18.2 Å². The molecule has 0 bridgehead atoms. The van der Waals surface area contributed by atoms with Crippen LogP contribution in [0.15, 0.2) is 47.4 Å². The van der Waals surface area contributed by atoms with Gasteiger partial charge >= 0.3 is 0 Å². The van der Waals surface area contributed by atoms with Crippen molar-refractivity contribution in [1.29, 1.82) is 0 Å². The van der Waals surface area contributed by atoms with Gasteiger partial charge in [0.15, 0.2) is 0 Å². The number of halogens is 1. The standard InChI is InChI=1S/C19H22ClN3O2/c20-16-7-3-2-6-14(16)12-23-13-15(8-9-17(23)24)22-18(25)19(21)10-4-1-5-11-19/h2-3,6-9,13H,1,4-5,10-12,21H2,(H,22,25). The molecule has 1 aliphatic carbocycles.